The van der Waals surface area contributed by atoms with Crippen LogP contribution in [0, 0.1) is 6.92 Å². The van der Waals surface area contributed by atoms with E-state index in [4.69, 9.17) is 11.6 Å². The maximum atomic E-state index is 13.3. The third kappa shape index (κ3) is 3.09. The van der Waals surface area contributed by atoms with E-state index in [1.165, 1.54) is 4.57 Å². The normalized spacial score (nSPS) is 11.0. The number of benzene rings is 3. The molecular formula is C22H17ClN2O2. The highest BCUT2D eigenvalue weighted by atomic mass is 35.5. The molecule has 4 nitrogen and oxygen atoms in total. The highest BCUT2D eigenvalue weighted by Crippen LogP contribution is 2.15. The van der Waals surface area contributed by atoms with E-state index in [9.17, 15) is 9.59 Å². The van der Waals surface area contributed by atoms with Gasteiger partial charge in [-0.05, 0) is 54.4 Å². The number of hydrogen-bond donors (Lipinski definition) is 0. The van der Waals surface area contributed by atoms with E-state index in [2.05, 4.69) is 0 Å². The molecule has 4 rings (SSSR count). The maximum Gasteiger partial charge on any atom is 0.336 e. The number of para-hydroxylation sites is 1. The summed E-state index contributed by atoms with van der Waals surface area (Å²) in [4.78, 5) is 26.3. The number of aryl methyl sites for hydroxylation is 1. The summed E-state index contributed by atoms with van der Waals surface area (Å²) in [6.07, 6.45) is 0. The van der Waals surface area contributed by atoms with E-state index in [-0.39, 0.29) is 11.2 Å². The minimum absolute atomic E-state index is 0.334. The molecule has 1 aromatic heterocycles. The zero-order valence-electron chi connectivity index (χ0n) is 14.7. The summed E-state index contributed by atoms with van der Waals surface area (Å²) in [5.74, 6) is 0. The molecule has 0 unspecified atom stereocenters. The van der Waals surface area contributed by atoms with Crippen LogP contribution in [0.4, 0.5) is 0 Å². The molecule has 27 heavy (non-hydrogen) atoms. The summed E-state index contributed by atoms with van der Waals surface area (Å²) >= 11 is 5.96. The zero-order valence-corrected chi connectivity index (χ0v) is 15.5. The zero-order chi connectivity index (χ0) is 19.0. The highest BCUT2D eigenvalue weighted by Gasteiger charge is 2.15. The van der Waals surface area contributed by atoms with Crippen LogP contribution in [0.25, 0.3) is 16.6 Å². The van der Waals surface area contributed by atoms with Crippen LogP contribution in [0.15, 0.2) is 82.4 Å². The third-order valence-electron chi connectivity index (χ3n) is 4.73. The molecule has 0 saturated carbocycles. The Morgan fingerprint density at radius 1 is 0.852 bits per heavy atom. The summed E-state index contributed by atoms with van der Waals surface area (Å²) in [5, 5.41) is 1.05. The fourth-order valence-corrected chi connectivity index (χ4v) is 3.38. The molecule has 3 aromatic carbocycles. The molecule has 0 bridgehead atoms. The van der Waals surface area contributed by atoms with Gasteiger partial charge in [0, 0.05) is 5.02 Å². The molecule has 0 spiro atoms. The topological polar surface area (TPSA) is 44.0 Å². The summed E-state index contributed by atoms with van der Waals surface area (Å²) in [6.45, 7) is 2.40. The fraction of sp³-hybridized carbons (Fsp3) is 0.0909. The van der Waals surface area contributed by atoms with Crippen molar-refractivity contribution in [2.24, 2.45) is 0 Å². The lowest BCUT2D eigenvalue weighted by atomic mass is 10.1. The number of halogens is 1. The van der Waals surface area contributed by atoms with Gasteiger partial charge in [0.2, 0.25) is 0 Å². The standard InChI is InChI=1S/C22H17ClN2O2/c1-15-6-2-3-7-16(15)14-24-20-9-5-4-8-19(20)21(26)25(22(24)27)18-12-10-17(23)11-13-18/h2-13H,14H2,1H3. The molecule has 5 heteroatoms. The molecule has 4 aromatic rings. The molecular weight excluding hydrogens is 360 g/mol. The first-order chi connectivity index (χ1) is 13.1. The number of aromatic nitrogens is 2. The first-order valence-corrected chi connectivity index (χ1v) is 8.99. The lowest BCUT2D eigenvalue weighted by Gasteiger charge is -2.15. The smallest absolute Gasteiger partial charge is 0.288 e. The summed E-state index contributed by atoms with van der Waals surface area (Å²) < 4.78 is 2.85. The van der Waals surface area contributed by atoms with Gasteiger partial charge in [-0.2, -0.15) is 0 Å². The van der Waals surface area contributed by atoms with E-state index in [0.717, 1.165) is 11.1 Å². The summed E-state index contributed by atoms with van der Waals surface area (Å²) in [7, 11) is 0. The summed E-state index contributed by atoms with van der Waals surface area (Å²) in [5.41, 5.74) is 2.55. The first-order valence-electron chi connectivity index (χ1n) is 8.61. The van der Waals surface area contributed by atoms with Gasteiger partial charge in [0.15, 0.2) is 0 Å². The minimum atomic E-state index is -0.371. The molecule has 0 radical (unpaired) electrons. The van der Waals surface area contributed by atoms with Gasteiger partial charge in [-0.3, -0.25) is 9.36 Å². The molecule has 0 aliphatic rings. The molecule has 0 aliphatic carbocycles. The van der Waals surface area contributed by atoms with Crippen molar-refractivity contribution in [2.75, 3.05) is 0 Å². The third-order valence-corrected chi connectivity index (χ3v) is 4.98. The Morgan fingerprint density at radius 2 is 1.52 bits per heavy atom. The quantitative estimate of drug-likeness (QED) is 0.539. The van der Waals surface area contributed by atoms with Gasteiger partial charge >= 0.3 is 5.69 Å². The average molecular weight is 377 g/mol. The Morgan fingerprint density at radius 3 is 2.26 bits per heavy atom. The first kappa shape index (κ1) is 17.3. The average Bonchev–Trinajstić information content (AvgIpc) is 2.68. The van der Waals surface area contributed by atoms with E-state index >= 15 is 0 Å². The van der Waals surface area contributed by atoms with Crippen molar-refractivity contribution >= 4 is 22.5 Å². The molecule has 0 aliphatic heterocycles. The van der Waals surface area contributed by atoms with Crippen LogP contribution in [0.5, 0.6) is 0 Å². The van der Waals surface area contributed by atoms with E-state index in [0.29, 0.717) is 28.2 Å². The highest BCUT2D eigenvalue weighted by molar-refractivity contribution is 6.30. The lowest BCUT2D eigenvalue weighted by molar-refractivity contribution is 0.712. The second-order valence-electron chi connectivity index (χ2n) is 6.43. The van der Waals surface area contributed by atoms with Crippen LogP contribution in [-0.2, 0) is 6.54 Å². The van der Waals surface area contributed by atoms with Crippen LogP contribution < -0.4 is 11.2 Å². The van der Waals surface area contributed by atoms with Crippen molar-refractivity contribution < 1.29 is 0 Å². The predicted molar refractivity (Wildman–Crippen MR) is 109 cm³/mol. The van der Waals surface area contributed by atoms with Gasteiger partial charge in [0.05, 0.1) is 23.1 Å². The Balaban J connectivity index is 2.03. The SMILES string of the molecule is Cc1ccccc1Cn1c(=O)n(-c2ccc(Cl)cc2)c(=O)c2ccccc21. The Labute approximate surface area is 160 Å². The van der Waals surface area contributed by atoms with Crippen molar-refractivity contribution in [1.29, 1.82) is 0 Å². The number of fused-ring (bicyclic) bond motifs is 1. The number of rotatable bonds is 3. The van der Waals surface area contributed by atoms with Crippen molar-refractivity contribution in [3.63, 3.8) is 0 Å². The number of nitrogens with zero attached hydrogens (tertiary/aromatic N) is 2. The van der Waals surface area contributed by atoms with E-state index in [1.54, 1.807) is 41.0 Å². The largest absolute Gasteiger partial charge is 0.336 e. The van der Waals surface area contributed by atoms with Crippen molar-refractivity contribution in [1.82, 2.24) is 9.13 Å². The van der Waals surface area contributed by atoms with Gasteiger partial charge in [0.25, 0.3) is 5.56 Å². The van der Waals surface area contributed by atoms with E-state index < -0.39 is 0 Å². The molecule has 0 amide bonds. The predicted octanol–water partition coefficient (Wildman–Crippen LogP) is 4.16. The lowest BCUT2D eigenvalue weighted by Crippen LogP contribution is -2.39. The van der Waals surface area contributed by atoms with Crippen LogP contribution in [0.1, 0.15) is 11.1 Å². The van der Waals surface area contributed by atoms with E-state index in [1.807, 2.05) is 43.3 Å². The van der Waals surface area contributed by atoms with Crippen LogP contribution in [-0.4, -0.2) is 9.13 Å². The Kier molecular flexibility index (Phi) is 4.42. The van der Waals surface area contributed by atoms with Crippen LogP contribution in [0.2, 0.25) is 5.02 Å². The molecule has 0 fully saturated rings. The Bertz CT molecular complexity index is 1250. The molecule has 0 atom stereocenters. The number of hydrogen-bond acceptors (Lipinski definition) is 2. The molecule has 0 N–H and O–H groups in total. The summed E-state index contributed by atoms with van der Waals surface area (Å²) in [6, 6.07) is 21.8. The van der Waals surface area contributed by atoms with Gasteiger partial charge < -0.3 is 0 Å². The van der Waals surface area contributed by atoms with Gasteiger partial charge in [-0.1, -0.05) is 48.0 Å². The monoisotopic (exact) mass is 376 g/mol. The van der Waals surface area contributed by atoms with Gasteiger partial charge in [-0.25, -0.2) is 9.36 Å². The second kappa shape index (κ2) is 6.89. The second-order valence-corrected chi connectivity index (χ2v) is 6.87. The Hall–Kier alpha value is -3.11. The van der Waals surface area contributed by atoms with Gasteiger partial charge in [-0.15, -0.1) is 0 Å². The van der Waals surface area contributed by atoms with Crippen molar-refractivity contribution in [3.8, 4) is 5.69 Å². The van der Waals surface area contributed by atoms with Crippen LogP contribution in [0.3, 0.4) is 0 Å². The van der Waals surface area contributed by atoms with Crippen molar-refractivity contribution in [2.45, 2.75) is 13.5 Å². The molecule has 134 valence electrons. The molecule has 0 saturated heterocycles. The fourth-order valence-electron chi connectivity index (χ4n) is 3.25. The molecule has 1 heterocycles. The van der Waals surface area contributed by atoms with Gasteiger partial charge in [0.1, 0.15) is 0 Å². The van der Waals surface area contributed by atoms with Crippen LogP contribution >= 0.6 is 11.6 Å². The maximum absolute atomic E-state index is 13.3. The van der Waals surface area contributed by atoms with Crippen molar-refractivity contribution in [3.05, 3.63) is 110 Å². The minimum Gasteiger partial charge on any atom is -0.288 e.